The Kier molecular flexibility index (Phi) is 60.2. The number of rotatable bonds is 62. The van der Waals surface area contributed by atoms with Gasteiger partial charge in [0.2, 0.25) is 0 Å². The Balaban J connectivity index is 0. The molecule has 0 aliphatic rings. The Labute approximate surface area is 480 Å². The Morgan fingerprint density at radius 1 is 0.250 bits per heavy atom. The van der Waals surface area contributed by atoms with E-state index < -0.39 is 23.9 Å². The van der Waals surface area contributed by atoms with Crippen molar-refractivity contribution in [1.82, 2.24) is 0 Å². The van der Waals surface area contributed by atoms with Crippen molar-refractivity contribution < 1.29 is 39.6 Å². The fourth-order valence-corrected chi connectivity index (χ4v) is 14.1. The first-order chi connectivity index (χ1) is 36.9. The second kappa shape index (κ2) is 59.7. The van der Waals surface area contributed by atoms with Crippen LogP contribution in [0.5, 0.6) is 0 Å². The molecule has 452 valence electrons. The first-order valence-electron chi connectivity index (χ1n) is 33.1. The van der Waals surface area contributed by atoms with Crippen molar-refractivity contribution in [3.63, 3.8) is 0 Å². The van der Waals surface area contributed by atoms with Gasteiger partial charge in [-0.15, -0.1) is 0 Å². The van der Waals surface area contributed by atoms with Crippen LogP contribution < -0.4 is 0 Å². The molecule has 0 saturated carbocycles. The van der Waals surface area contributed by atoms with Gasteiger partial charge in [0.25, 0.3) is 0 Å². The smallest absolute Gasteiger partial charge is 0.304 e. The van der Waals surface area contributed by atoms with Crippen LogP contribution in [-0.2, 0) is 19.2 Å². The van der Waals surface area contributed by atoms with Crippen molar-refractivity contribution in [3.8, 4) is 0 Å². The monoisotopic (exact) mass is 1110 g/mol. The van der Waals surface area contributed by atoms with E-state index in [4.69, 9.17) is 10.2 Å². The predicted octanol–water partition coefficient (Wildman–Crippen LogP) is 22.4. The second-order valence-corrected chi connectivity index (χ2v) is 26.5. The number of thioether (sulfide) groups is 2. The number of hydrogen-bond acceptors (Lipinski definition) is 6. The standard InChI is InChI=1S/C34H66O4S.C32H62O4S/c1-3-5-7-9-11-13-15-17-19-21-23-25-28-34(31-33(37)38,39-30-27-32(35)36)29-26-24-22-20-18-16-14-12-10-8-6-4-2;1-3-5-7-9-11-13-15-17-19-21-23-26-32(29-31(35)36,37-28-25-30(33)34)27-24-22-20-18-16-14-12-10-8-6-4-2/h3-31H2,1-2H3,(H,35,36)(H,37,38);3-29H2,1-2H3,(H,33,34)(H,35,36). The molecular weight excluding hydrogens is 985 g/mol. The van der Waals surface area contributed by atoms with Crippen LogP contribution in [0.3, 0.4) is 0 Å². The van der Waals surface area contributed by atoms with E-state index in [2.05, 4.69) is 27.7 Å². The van der Waals surface area contributed by atoms with Gasteiger partial charge in [-0.25, -0.2) is 0 Å². The van der Waals surface area contributed by atoms with Gasteiger partial charge in [0.15, 0.2) is 0 Å². The van der Waals surface area contributed by atoms with Crippen LogP contribution in [-0.4, -0.2) is 65.3 Å². The molecule has 0 radical (unpaired) electrons. The molecule has 0 aromatic rings. The summed E-state index contributed by atoms with van der Waals surface area (Å²) in [5.74, 6) is -2.04. The third-order valence-corrected chi connectivity index (χ3v) is 19.0. The Bertz CT molecular complexity index is 1210. The minimum Gasteiger partial charge on any atom is -0.481 e. The molecule has 10 heteroatoms. The maximum absolute atomic E-state index is 11.8. The average molecular weight is 1110 g/mol. The van der Waals surface area contributed by atoms with Crippen molar-refractivity contribution >= 4 is 47.4 Å². The third-order valence-electron chi connectivity index (χ3n) is 15.8. The molecule has 0 aromatic heterocycles. The Hall–Kier alpha value is -1.42. The van der Waals surface area contributed by atoms with Gasteiger partial charge in [0.1, 0.15) is 0 Å². The summed E-state index contributed by atoms with van der Waals surface area (Å²) < 4.78 is -0.613. The summed E-state index contributed by atoms with van der Waals surface area (Å²) in [5.41, 5.74) is 0. The summed E-state index contributed by atoms with van der Waals surface area (Å²) in [6.07, 6.45) is 63.7. The van der Waals surface area contributed by atoms with Gasteiger partial charge in [-0.1, -0.05) is 323 Å². The quantitative estimate of drug-likeness (QED) is 0.0434. The number of unbranched alkanes of at least 4 members (excludes halogenated alkanes) is 42. The van der Waals surface area contributed by atoms with E-state index in [9.17, 15) is 29.4 Å². The molecular formula is C66H128O8S2. The molecule has 0 unspecified atom stereocenters. The Morgan fingerprint density at radius 2 is 0.408 bits per heavy atom. The fraction of sp³-hybridized carbons (Fsp3) is 0.939. The molecule has 0 rings (SSSR count). The predicted molar refractivity (Wildman–Crippen MR) is 333 cm³/mol. The van der Waals surface area contributed by atoms with Gasteiger partial charge in [0.05, 0.1) is 25.7 Å². The molecule has 0 saturated heterocycles. The van der Waals surface area contributed by atoms with E-state index >= 15 is 0 Å². The van der Waals surface area contributed by atoms with Gasteiger partial charge in [-0.2, -0.15) is 23.5 Å². The molecule has 0 fully saturated rings. The fourth-order valence-electron chi connectivity index (χ4n) is 11.1. The van der Waals surface area contributed by atoms with Crippen molar-refractivity contribution in [2.45, 2.75) is 384 Å². The van der Waals surface area contributed by atoms with Crippen LogP contribution in [0, 0.1) is 0 Å². The van der Waals surface area contributed by atoms with Crippen LogP contribution in [0.25, 0.3) is 0 Å². The van der Waals surface area contributed by atoms with Crippen LogP contribution in [0.2, 0.25) is 0 Å². The molecule has 4 N–H and O–H groups in total. The van der Waals surface area contributed by atoms with E-state index in [0.717, 1.165) is 77.0 Å². The average Bonchev–Trinajstić information content (AvgIpc) is 3.37. The number of carboxylic acids is 4. The van der Waals surface area contributed by atoms with Gasteiger partial charge >= 0.3 is 23.9 Å². The maximum atomic E-state index is 11.8. The summed E-state index contributed by atoms with van der Waals surface area (Å²) in [6, 6.07) is 0. The number of carbonyl (C=O) groups is 4. The first-order valence-corrected chi connectivity index (χ1v) is 35.0. The zero-order valence-corrected chi connectivity index (χ0v) is 52.5. The summed E-state index contributed by atoms with van der Waals surface area (Å²) in [5, 5.41) is 37.6. The normalized spacial score (nSPS) is 11.7. The molecule has 0 atom stereocenters. The summed E-state index contributed by atoms with van der Waals surface area (Å²) in [7, 11) is 0. The summed E-state index contributed by atoms with van der Waals surface area (Å²) in [4.78, 5) is 45.8. The highest BCUT2D eigenvalue weighted by atomic mass is 32.2. The van der Waals surface area contributed by atoms with Crippen LogP contribution in [0.15, 0.2) is 0 Å². The largest absolute Gasteiger partial charge is 0.481 e. The minimum absolute atomic E-state index is 0.114. The third kappa shape index (κ3) is 57.3. The summed E-state index contributed by atoms with van der Waals surface area (Å²) >= 11 is 3.26. The second-order valence-electron chi connectivity index (χ2n) is 23.3. The maximum Gasteiger partial charge on any atom is 0.304 e. The molecule has 0 heterocycles. The number of carboxylic acid groups (broad SMARTS) is 4. The zero-order chi connectivity index (χ0) is 56.3. The number of hydrogen-bond donors (Lipinski definition) is 4. The molecule has 0 aromatic carbocycles. The van der Waals surface area contributed by atoms with E-state index in [1.165, 1.54) is 244 Å². The summed E-state index contributed by atoms with van der Waals surface area (Å²) in [6.45, 7) is 9.04. The molecule has 0 aliphatic carbocycles. The van der Waals surface area contributed by atoms with Gasteiger partial charge < -0.3 is 20.4 Å². The SMILES string of the molecule is CCCCCCCCCCCCCC(CCCCCCCCCCCCC)(CC(=O)O)SCCC(=O)O.CCCCCCCCCCCCCCC(CCCCCCCCCCCCCC)(CC(=O)O)SCCC(=O)O. The lowest BCUT2D eigenvalue weighted by atomic mass is 9.90. The lowest BCUT2D eigenvalue weighted by Gasteiger charge is -2.32. The highest BCUT2D eigenvalue weighted by Gasteiger charge is 2.34. The van der Waals surface area contributed by atoms with Crippen LogP contribution in [0.4, 0.5) is 0 Å². The number of aliphatic carboxylic acids is 4. The van der Waals surface area contributed by atoms with Gasteiger partial charge in [0, 0.05) is 21.0 Å². The van der Waals surface area contributed by atoms with Gasteiger partial charge in [-0.05, 0) is 25.7 Å². The molecule has 0 aliphatic heterocycles. The zero-order valence-electron chi connectivity index (χ0n) is 50.8. The van der Waals surface area contributed by atoms with Gasteiger partial charge in [-0.3, -0.25) is 19.2 Å². The minimum atomic E-state index is -0.791. The molecule has 0 bridgehead atoms. The molecule has 0 spiro atoms. The van der Waals surface area contributed by atoms with Crippen LogP contribution in [0.1, 0.15) is 374 Å². The molecule has 0 amide bonds. The van der Waals surface area contributed by atoms with Crippen molar-refractivity contribution in [3.05, 3.63) is 0 Å². The first kappa shape index (κ1) is 76.6. The lowest BCUT2D eigenvalue weighted by Crippen LogP contribution is -2.29. The molecule has 76 heavy (non-hydrogen) atoms. The molecule has 8 nitrogen and oxygen atoms in total. The van der Waals surface area contributed by atoms with Crippen molar-refractivity contribution in [2.75, 3.05) is 11.5 Å². The highest BCUT2D eigenvalue weighted by molar-refractivity contribution is 8.00. The van der Waals surface area contributed by atoms with E-state index in [-0.39, 0.29) is 35.2 Å². The van der Waals surface area contributed by atoms with E-state index in [1.807, 2.05) is 0 Å². The topological polar surface area (TPSA) is 149 Å². The van der Waals surface area contributed by atoms with Crippen molar-refractivity contribution in [2.24, 2.45) is 0 Å². The highest BCUT2D eigenvalue weighted by Crippen LogP contribution is 2.42. The van der Waals surface area contributed by atoms with E-state index in [0.29, 0.717) is 11.5 Å². The van der Waals surface area contributed by atoms with E-state index in [1.54, 1.807) is 23.5 Å². The lowest BCUT2D eigenvalue weighted by molar-refractivity contribution is -0.138. The Morgan fingerprint density at radius 3 is 0.553 bits per heavy atom. The van der Waals surface area contributed by atoms with Crippen LogP contribution >= 0.6 is 23.5 Å². The van der Waals surface area contributed by atoms with Crippen molar-refractivity contribution in [1.29, 1.82) is 0 Å².